The largest absolute Gasteiger partial charge is 0.492 e. The smallest absolute Gasteiger partial charge is 0.163 e. The van der Waals surface area contributed by atoms with Crippen LogP contribution in [0.3, 0.4) is 0 Å². The van der Waals surface area contributed by atoms with E-state index in [1.165, 1.54) is 10.8 Å². The summed E-state index contributed by atoms with van der Waals surface area (Å²) in [5, 5.41) is 2.42. The Kier molecular flexibility index (Phi) is 1.87. The normalized spacial score (nSPS) is 22.8. The van der Waals surface area contributed by atoms with Gasteiger partial charge in [0.25, 0.3) is 0 Å². The van der Waals surface area contributed by atoms with Gasteiger partial charge in [0, 0.05) is 10.9 Å². The highest BCUT2D eigenvalue weighted by atomic mass is 16.5. The molecule has 0 saturated heterocycles. The molecule has 1 aliphatic heterocycles. The Morgan fingerprint density at radius 1 is 1.12 bits per heavy atom. The predicted molar refractivity (Wildman–Crippen MR) is 70.6 cm³/mol. The van der Waals surface area contributed by atoms with E-state index in [9.17, 15) is 0 Å². The summed E-state index contributed by atoms with van der Waals surface area (Å²) in [6.45, 7) is 2.08. The van der Waals surface area contributed by atoms with Gasteiger partial charge in [0.2, 0.25) is 0 Å². The van der Waals surface area contributed by atoms with Crippen molar-refractivity contribution in [1.82, 2.24) is 0 Å². The summed E-state index contributed by atoms with van der Waals surface area (Å²) in [4.78, 5) is 0. The Balaban J connectivity index is 2.31. The van der Waals surface area contributed by atoms with E-state index in [0.29, 0.717) is 0 Å². The molecule has 0 amide bonds. The van der Waals surface area contributed by atoms with Gasteiger partial charge in [-0.3, -0.25) is 0 Å². The van der Waals surface area contributed by atoms with Crippen molar-refractivity contribution in [3.63, 3.8) is 0 Å². The highest BCUT2D eigenvalue weighted by Gasteiger charge is 2.22. The quantitative estimate of drug-likeness (QED) is 0.604. The molecule has 0 N–H and O–H groups in total. The maximum atomic E-state index is 6.05. The molecule has 1 heterocycles. The first kappa shape index (κ1) is 9.53. The van der Waals surface area contributed by atoms with Crippen LogP contribution in [0.5, 0.6) is 5.75 Å². The molecule has 0 saturated carbocycles. The van der Waals surface area contributed by atoms with Crippen molar-refractivity contribution in [3.8, 4) is 5.75 Å². The van der Waals surface area contributed by atoms with Crippen molar-refractivity contribution in [3.05, 3.63) is 48.0 Å². The van der Waals surface area contributed by atoms with Gasteiger partial charge in [-0.25, -0.2) is 0 Å². The molecule has 0 fully saturated rings. The fraction of sp³-hybridized carbons (Fsp3) is 0.143. The van der Waals surface area contributed by atoms with E-state index in [0.717, 1.165) is 11.3 Å². The third-order valence-electron chi connectivity index (χ3n) is 2.94. The van der Waals surface area contributed by atoms with Crippen LogP contribution in [0.15, 0.2) is 42.5 Å². The topological polar surface area (TPSA) is 9.23 Å². The fourth-order valence-corrected chi connectivity index (χ4v) is 2.09. The first-order valence-electron chi connectivity index (χ1n) is 5.56. The summed E-state index contributed by atoms with van der Waals surface area (Å²) in [6.07, 6.45) is 4.25. The van der Waals surface area contributed by atoms with Crippen molar-refractivity contribution in [1.29, 1.82) is 0 Å². The third-order valence-corrected chi connectivity index (χ3v) is 2.94. The number of benzene rings is 2. The number of rotatable bonds is 0. The molecule has 16 heavy (non-hydrogen) atoms. The molecule has 1 aliphatic rings. The van der Waals surface area contributed by atoms with E-state index in [1.807, 2.05) is 0 Å². The minimum absolute atomic E-state index is 0.211. The van der Waals surface area contributed by atoms with Crippen molar-refractivity contribution in [2.45, 2.75) is 12.4 Å². The summed E-state index contributed by atoms with van der Waals surface area (Å²) in [5.41, 5.74) is 0.954. The molecular weight excluding hydrogens is 195 g/mol. The number of hydrogen-bond acceptors (Lipinski definition) is 1. The van der Waals surface area contributed by atoms with Gasteiger partial charge in [-0.2, -0.15) is 0 Å². The van der Waals surface area contributed by atoms with Crippen LogP contribution in [0.25, 0.3) is 16.8 Å². The number of ether oxygens (including phenoxy) is 1. The lowest BCUT2D eigenvalue weighted by Gasteiger charge is -2.29. The zero-order chi connectivity index (χ0) is 11.2. The Hall–Kier alpha value is -1.70. The molecular formula is C14H13BO. The molecule has 1 nitrogen and oxygen atoms in total. The van der Waals surface area contributed by atoms with Crippen molar-refractivity contribution < 1.29 is 4.74 Å². The molecule has 2 aromatic carbocycles. The highest BCUT2D eigenvalue weighted by Crippen LogP contribution is 2.36. The molecule has 3 rings (SSSR count). The minimum Gasteiger partial charge on any atom is -0.492 e. The van der Waals surface area contributed by atoms with Crippen molar-refractivity contribution in [2.24, 2.45) is 0 Å². The Bertz CT molecular complexity index is 584. The predicted octanol–water partition coefficient (Wildman–Crippen LogP) is 2.59. The second-order valence-electron chi connectivity index (χ2n) is 4.74. The summed E-state index contributed by atoms with van der Waals surface area (Å²) < 4.78 is 6.05. The Morgan fingerprint density at radius 2 is 1.94 bits per heavy atom. The maximum Gasteiger partial charge on any atom is 0.163 e. The summed E-state index contributed by atoms with van der Waals surface area (Å²) in [5.74, 6) is 1.01. The van der Waals surface area contributed by atoms with E-state index < -0.39 is 0 Å². The first-order chi connectivity index (χ1) is 7.66. The Morgan fingerprint density at radius 3 is 2.81 bits per heavy atom. The van der Waals surface area contributed by atoms with Gasteiger partial charge in [0.15, 0.2) is 7.85 Å². The molecule has 1 atom stereocenters. The lowest BCUT2D eigenvalue weighted by atomic mass is 9.81. The molecule has 1 unspecified atom stereocenters. The van der Waals surface area contributed by atoms with Crippen LogP contribution in [0, 0.1) is 0 Å². The molecule has 2 aromatic rings. The average molecular weight is 208 g/mol. The second kappa shape index (κ2) is 3.15. The molecule has 78 valence electrons. The molecule has 2 heteroatoms. The molecule has 0 radical (unpaired) electrons. The minimum atomic E-state index is -0.211. The van der Waals surface area contributed by atoms with Gasteiger partial charge in [-0.1, -0.05) is 48.6 Å². The zero-order valence-corrected chi connectivity index (χ0v) is 9.53. The summed E-state index contributed by atoms with van der Waals surface area (Å²) in [7, 11) is 2.08. The van der Waals surface area contributed by atoms with Crippen LogP contribution < -0.4 is 4.74 Å². The molecule has 0 aliphatic carbocycles. The second-order valence-corrected chi connectivity index (χ2v) is 4.74. The monoisotopic (exact) mass is 208 g/mol. The number of fused-ring (bicyclic) bond motifs is 3. The SMILES string of the molecule is BC1(C)C=Cc2ccc3ccccc3c2O1. The summed E-state index contributed by atoms with van der Waals surface area (Å²) in [6, 6.07) is 12.6. The van der Waals surface area contributed by atoms with E-state index in [-0.39, 0.29) is 5.50 Å². The molecule has 0 aromatic heterocycles. The van der Waals surface area contributed by atoms with Crippen molar-refractivity contribution in [2.75, 3.05) is 0 Å². The lowest BCUT2D eigenvalue weighted by molar-refractivity contribution is 0.227. The number of hydrogen-bond donors (Lipinski definition) is 0. The summed E-state index contributed by atoms with van der Waals surface area (Å²) >= 11 is 0. The third kappa shape index (κ3) is 1.42. The molecule has 0 bridgehead atoms. The maximum absolute atomic E-state index is 6.05. The van der Waals surface area contributed by atoms with E-state index in [4.69, 9.17) is 4.74 Å². The van der Waals surface area contributed by atoms with E-state index >= 15 is 0 Å². The first-order valence-corrected chi connectivity index (χ1v) is 5.56. The highest BCUT2D eigenvalue weighted by molar-refractivity contribution is 6.16. The van der Waals surface area contributed by atoms with Gasteiger partial charge in [-0.05, 0) is 12.3 Å². The van der Waals surface area contributed by atoms with Crippen LogP contribution in [-0.4, -0.2) is 13.3 Å². The van der Waals surface area contributed by atoms with E-state index in [2.05, 4.69) is 63.3 Å². The molecule has 0 spiro atoms. The van der Waals surface area contributed by atoms with Crippen LogP contribution in [-0.2, 0) is 0 Å². The van der Waals surface area contributed by atoms with Gasteiger partial charge in [-0.15, -0.1) is 0 Å². The lowest BCUT2D eigenvalue weighted by Crippen LogP contribution is -2.32. The standard InChI is InChI=1S/C14H13BO/c1-14(15)9-8-11-7-6-10-4-2-3-5-12(10)13(11)16-14/h2-9H,15H2,1H3. The van der Waals surface area contributed by atoms with Gasteiger partial charge in [0.1, 0.15) is 5.75 Å². The zero-order valence-electron chi connectivity index (χ0n) is 9.53. The van der Waals surface area contributed by atoms with Crippen LogP contribution in [0.4, 0.5) is 0 Å². The van der Waals surface area contributed by atoms with Gasteiger partial charge >= 0.3 is 0 Å². The van der Waals surface area contributed by atoms with Crippen LogP contribution in [0.2, 0.25) is 0 Å². The van der Waals surface area contributed by atoms with Gasteiger partial charge in [0.05, 0.1) is 5.50 Å². The van der Waals surface area contributed by atoms with Crippen molar-refractivity contribution >= 4 is 24.7 Å². The van der Waals surface area contributed by atoms with E-state index in [1.54, 1.807) is 0 Å². The van der Waals surface area contributed by atoms with Crippen LogP contribution in [0.1, 0.15) is 12.5 Å². The van der Waals surface area contributed by atoms with Crippen LogP contribution >= 0.6 is 0 Å². The average Bonchev–Trinajstić information content (AvgIpc) is 2.28. The Labute approximate surface area is 96.1 Å². The fourth-order valence-electron chi connectivity index (χ4n) is 2.09. The van der Waals surface area contributed by atoms with Gasteiger partial charge < -0.3 is 4.74 Å².